The molecule has 0 unspecified atom stereocenters. The predicted molar refractivity (Wildman–Crippen MR) is 68.9 cm³/mol. The molecule has 0 aliphatic heterocycles. The van der Waals surface area contributed by atoms with Gasteiger partial charge in [-0.2, -0.15) is 0 Å². The maximum atomic E-state index is 13.2. The van der Waals surface area contributed by atoms with Crippen molar-refractivity contribution in [3.05, 3.63) is 35.7 Å². The molecule has 5 heteroatoms. The number of halogens is 1. The van der Waals surface area contributed by atoms with Crippen molar-refractivity contribution in [1.82, 2.24) is 15.0 Å². The molecule has 0 bridgehead atoms. The lowest BCUT2D eigenvalue weighted by atomic mass is 10.2. The molecule has 0 aliphatic rings. The van der Waals surface area contributed by atoms with E-state index in [0.29, 0.717) is 17.1 Å². The fraction of sp³-hybridized carbons (Fsp3) is 0.308. The van der Waals surface area contributed by atoms with Crippen LogP contribution >= 0.6 is 0 Å². The molecule has 0 spiro atoms. The highest BCUT2D eigenvalue weighted by Gasteiger charge is 2.11. The monoisotopic (exact) mass is 246 g/mol. The maximum Gasteiger partial charge on any atom is 0.152 e. The molecule has 1 N–H and O–H groups in total. The largest absolute Gasteiger partial charge is 0.369 e. The summed E-state index contributed by atoms with van der Waals surface area (Å²) in [5.74, 6) is 0.281. The molecule has 0 aliphatic carbocycles. The van der Waals surface area contributed by atoms with Gasteiger partial charge in [0.15, 0.2) is 5.82 Å². The zero-order valence-electron chi connectivity index (χ0n) is 10.7. The summed E-state index contributed by atoms with van der Waals surface area (Å²) in [6.07, 6.45) is 2.76. The lowest BCUT2D eigenvalue weighted by Crippen LogP contribution is -2.06. The third-order valence-corrected chi connectivity index (χ3v) is 2.63. The number of pyridine rings is 1. The smallest absolute Gasteiger partial charge is 0.152 e. The average molecular weight is 246 g/mol. The molecule has 0 radical (unpaired) electrons. The number of anilines is 1. The first-order chi connectivity index (χ1) is 8.61. The van der Waals surface area contributed by atoms with Gasteiger partial charge >= 0.3 is 0 Å². The van der Waals surface area contributed by atoms with E-state index in [-0.39, 0.29) is 5.82 Å². The van der Waals surface area contributed by atoms with E-state index in [1.165, 1.54) is 12.3 Å². The van der Waals surface area contributed by atoms with Crippen molar-refractivity contribution in [3.8, 4) is 11.3 Å². The molecule has 2 heterocycles. The highest BCUT2D eigenvalue weighted by atomic mass is 19.1. The topological polar surface area (TPSA) is 50.7 Å². The van der Waals surface area contributed by atoms with E-state index >= 15 is 0 Å². The highest BCUT2D eigenvalue weighted by molar-refractivity contribution is 5.71. The van der Waals surface area contributed by atoms with Gasteiger partial charge in [-0.3, -0.25) is 4.98 Å². The first-order valence-electron chi connectivity index (χ1n) is 5.82. The van der Waals surface area contributed by atoms with Crippen molar-refractivity contribution in [1.29, 1.82) is 0 Å². The summed E-state index contributed by atoms with van der Waals surface area (Å²) in [7, 11) is 0. The van der Waals surface area contributed by atoms with Gasteiger partial charge in [0.2, 0.25) is 0 Å². The van der Waals surface area contributed by atoms with Crippen LogP contribution in [0.5, 0.6) is 0 Å². The average Bonchev–Trinajstić information content (AvgIpc) is 2.34. The van der Waals surface area contributed by atoms with Gasteiger partial charge < -0.3 is 5.32 Å². The molecule has 0 saturated heterocycles. The molecule has 0 fully saturated rings. The maximum absolute atomic E-state index is 13.2. The van der Waals surface area contributed by atoms with E-state index in [9.17, 15) is 4.39 Å². The summed E-state index contributed by atoms with van der Waals surface area (Å²) in [5.41, 5.74) is 2.95. The molecular formula is C13H15FN4. The van der Waals surface area contributed by atoms with E-state index in [0.717, 1.165) is 17.9 Å². The number of nitrogens with zero attached hydrogens (tertiary/aromatic N) is 3. The number of rotatable bonds is 3. The van der Waals surface area contributed by atoms with Crippen LogP contribution in [0.2, 0.25) is 0 Å². The Labute approximate surface area is 105 Å². The van der Waals surface area contributed by atoms with Gasteiger partial charge in [0, 0.05) is 18.3 Å². The van der Waals surface area contributed by atoms with Gasteiger partial charge in [-0.1, -0.05) is 0 Å². The minimum Gasteiger partial charge on any atom is -0.369 e. The second kappa shape index (κ2) is 5.08. The van der Waals surface area contributed by atoms with Crippen molar-refractivity contribution in [3.63, 3.8) is 0 Å². The van der Waals surface area contributed by atoms with Gasteiger partial charge in [-0.15, -0.1) is 0 Å². The number of hydrogen-bond acceptors (Lipinski definition) is 4. The van der Waals surface area contributed by atoms with E-state index < -0.39 is 0 Å². The van der Waals surface area contributed by atoms with Crippen molar-refractivity contribution in [2.45, 2.75) is 20.8 Å². The summed E-state index contributed by atoms with van der Waals surface area (Å²) in [6, 6.07) is 1.41. The first-order valence-corrected chi connectivity index (χ1v) is 5.82. The summed E-state index contributed by atoms with van der Waals surface area (Å²) < 4.78 is 13.2. The molecule has 2 aromatic rings. The minimum atomic E-state index is -0.380. The number of aryl methyl sites for hydroxylation is 2. The molecule has 2 aromatic heterocycles. The Bertz CT molecular complexity index is 569. The molecular weight excluding hydrogens is 231 g/mol. The number of aromatic nitrogens is 3. The number of hydrogen-bond donors (Lipinski definition) is 1. The standard InChI is InChI=1S/C13H15FN4/c1-4-16-13-12(17-8(2)9(3)18-13)10-5-11(14)7-15-6-10/h5-7H,4H2,1-3H3,(H,16,18). The molecule has 0 amide bonds. The first kappa shape index (κ1) is 12.4. The van der Waals surface area contributed by atoms with Crippen molar-refractivity contribution >= 4 is 5.82 Å². The lowest BCUT2D eigenvalue weighted by molar-refractivity contribution is 0.622. The van der Waals surface area contributed by atoms with Crippen LogP contribution in [0.4, 0.5) is 10.2 Å². The lowest BCUT2D eigenvalue weighted by Gasteiger charge is -2.11. The van der Waals surface area contributed by atoms with Crippen LogP contribution in [-0.4, -0.2) is 21.5 Å². The summed E-state index contributed by atoms with van der Waals surface area (Å²) >= 11 is 0. The fourth-order valence-corrected chi connectivity index (χ4v) is 1.64. The zero-order chi connectivity index (χ0) is 13.1. The summed E-state index contributed by atoms with van der Waals surface area (Å²) in [4.78, 5) is 12.8. The molecule has 94 valence electrons. The van der Waals surface area contributed by atoms with Gasteiger partial charge in [-0.25, -0.2) is 14.4 Å². The Morgan fingerprint density at radius 1 is 1.17 bits per heavy atom. The van der Waals surface area contributed by atoms with Crippen LogP contribution in [0, 0.1) is 19.7 Å². The third-order valence-electron chi connectivity index (χ3n) is 2.63. The van der Waals surface area contributed by atoms with E-state index in [1.54, 1.807) is 6.20 Å². The Morgan fingerprint density at radius 2 is 1.89 bits per heavy atom. The van der Waals surface area contributed by atoms with E-state index in [1.807, 2.05) is 20.8 Å². The number of nitrogens with one attached hydrogen (secondary N) is 1. The molecule has 0 saturated carbocycles. The molecule has 2 rings (SSSR count). The van der Waals surface area contributed by atoms with Crippen LogP contribution in [0.25, 0.3) is 11.3 Å². The molecule has 4 nitrogen and oxygen atoms in total. The zero-order valence-corrected chi connectivity index (χ0v) is 10.7. The predicted octanol–water partition coefficient (Wildman–Crippen LogP) is 2.73. The fourth-order valence-electron chi connectivity index (χ4n) is 1.64. The van der Waals surface area contributed by atoms with Gasteiger partial charge in [0.1, 0.15) is 11.5 Å². The van der Waals surface area contributed by atoms with Crippen molar-refractivity contribution < 1.29 is 4.39 Å². The van der Waals surface area contributed by atoms with Crippen LogP contribution < -0.4 is 5.32 Å². The SMILES string of the molecule is CCNc1nc(C)c(C)nc1-c1cncc(F)c1. The van der Waals surface area contributed by atoms with Crippen LogP contribution in [-0.2, 0) is 0 Å². The van der Waals surface area contributed by atoms with Gasteiger partial charge in [0.25, 0.3) is 0 Å². The molecule has 0 aromatic carbocycles. The Morgan fingerprint density at radius 3 is 2.56 bits per heavy atom. The quantitative estimate of drug-likeness (QED) is 0.904. The third kappa shape index (κ3) is 2.45. The molecule has 0 atom stereocenters. The van der Waals surface area contributed by atoms with Gasteiger partial charge in [0.05, 0.1) is 17.6 Å². The second-order valence-electron chi connectivity index (χ2n) is 4.01. The van der Waals surface area contributed by atoms with E-state index in [2.05, 4.69) is 20.3 Å². The van der Waals surface area contributed by atoms with Gasteiger partial charge in [-0.05, 0) is 26.8 Å². The Kier molecular flexibility index (Phi) is 3.50. The normalized spacial score (nSPS) is 10.4. The second-order valence-corrected chi connectivity index (χ2v) is 4.01. The van der Waals surface area contributed by atoms with Crippen LogP contribution in [0.1, 0.15) is 18.3 Å². The highest BCUT2D eigenvalue weighted by Crippen LogP contribution is 2.25. The molecule has 18 heavy (non-hydrogen) atoms. The van der Waals surface area contributed by atoms with Crippen molar-refractivity contribution in [2.24, 2.45) is 0 Å². The van der Waals surface area contributed by atoms with Crippen molar-refractivity contribution in [2.75, 3.05) is 11.9 Å². The Balaban J connectivity index is 2.58. The summed E-state index contributed by atoms with van der Waals surface area (Å²) in [6.45, 7) is 6.49. The Hall–Kier alpha value is -2.04. The summed E-state index contributed by atoms with van der Waals surface area (Å²) in [5, 5.41) is 3.14. The van der Waals surface area contributed by atoms with Crippen LogP contribution in [0.3, 0.4) is 0 Å². The van der Waals surface area contributed by atoms with E-state index in [4.69, 9.17) is 0 Å². The van der Waals surface area contributed by atoms with Crippen LogP contribution in [0.15, 0.2) is 18.5 Å². The minimum absolute atomic E-state index is 0.380.